The lowest BCUT2D eigenvalue weighted by Crippen LogP contribution is -2.26. The molecule has 1 atom stereocenters. The zero-order valence-corrected chi connectivity index (χ0v) is 12.2. The molecule has 0 heterocycles. The van der Waals surface area contributed by atoms with Crippen LogP contribution in [0, 0.1) is 5.41 Å². The number of benzene rings is 1. The first-order valence-electron chi connectivity index (χ1n) is 6.73. The fourth-order valence-electron chi connectivity index (χ4n) is 1.80. The second-order valence-corrected chi connectivity index (χ2v) is 6.19. The molecule has 2 heteroatoms. The molecule has 1 N–H and O–H groups in total. The van der Waals surface area contributed by atoms with Gasteiger partial charge in [0.15, 0.2) is 0 Å². The minimum absolute atomic E-state index is 0.0617. The summed E-state index contributed by atoms with van der Waals surface area (Å²) in [4.78, 5) is 0. The van der Waals surface area contributed by atoms with Gasteiger partial charge in [0.1, 0.15) is 5.75 Å². The van der Waals surface area contributed by atoms with Crippen LogP contribution in [0.4, 0.5) is 0 Å². The van der Waals surface area contributed by atoms with Crippen LogP contribution in [0.15, 0.2) is 24.3 Å². The number of hydrogen-bond acceptors (Lipinski definition) is 2. The SMILES string of the molecule is CC(C)Oc1ccccc1CCC(O)C(C)(C)C. The predicted molar refractivity (Wildman–Crippen MR) is 76.0 cm³/mol. The Morgan fingerprint density at radius 1 is 1.17 bits per heavy atom. The molecular formula is C16H26O2. The summed E-state index contributed by atoms with van der Waals surface area (Å²) in [5.74, 6) is 0.939. The molecule has 18 heavy (non-hydrogen) atoms. The molecule has 0 spiro atoms. The van der Waals surface area contributed by atoms with Gasteiger partial charge >= 0.3 is 0 Å². The van der Waals surface area contributed by atoms with Crippen LogP contribution >= 0.6 is 0 Å². The highest BCUT2D eigenvalue weighted by atomic mass is 16.5. The van der Waals surface area contributed by atoms with Gasteiger partial charge in [0.2, 0.25) is 0 Å². The van der Waals surface area contributed by atoms with E-state index in [9.17, 15) is 5.11 Å². The van der Waals surface area contributed by atoms with Crippen LogP contribution in [-0.4, -0.2) is 17.3 Å². The van der Waals surface area contributed by atoms with Crippen molar-refractivity contribution in [3.05, 3.63) is 29.8 Å². The summed E-state index contributed by atoms with van der Waals surface area (Å²) in [6, 6.07) is 8.08. The molecule has 0 saturated heterocycles. The third-order valence-electron chi connectivity index (χ3n) is 3.02. The van der Waals surface area contributed by atoms with Crippen molar-refractivity contribution in [1.82, 2.24) is 0 Å². The van der Waals surface area contributed by atoms with Gasteiger partial charge in [-0.15, -0.1) is 0 Å². The third-order valence-corrected chi connectivity index (χ3v) is 3.02. The van der Waals surface area contributed by atoms with Gasteiger partial charge in [-0.25, -0.2) is 0 Å². The van der Waals surface area contributed by atoms with Crippen LogP contribution < -0.4 is 4.74 Å². The van der Waals surface area contributed by atoms with Crippen LogP contribution in [0.1, 0.15) is 46.6 Å². The van der Waals surface area contributed by atoms with E-state index >= 15 is 0 Å². The maximum atomic E-state index is 10.1. The average Bonchev–Trinajstić information content (AvgIpc) is 2.25. The summed E-state index contributed by atoms with van der Waals surface area (Å²) >= 11 is 0. The molecule has 102 valence electrons. The second kappa shape index (κ2) is 6.24. The Kier molecular flexibility index (Phi) is 5.21. The highest BCUT2D eigenvalue weighted by Gasteiger charge is 2.22. The summed E-state index contributed by atoms with van der Waals surface area (Å²) in [7, 11) is 0. The van der Waals surface area contributed by atoms with Gasteiger partial charge < -0.3 is 9.84 Å². The standard InChI is InChI=1S/C16H26O2/c1-12(2)18-14-9-7-6-8-13(14)10-11-15(17)16(3,4)5/h6-9,12,15,17H,10-11H2,1-5H3. The van der Waals surface area contributed by atoms with Crippen LogP contribution in [-0.2, 0) is 6.42 Å². The fourth-order valence-corrected chi connectivity index (χ4v) is 1.80. The number of aliphatic hydroxyl groups excluding tert-OH is 1. The topological polar surface area (TPSA) is 29.5 Å². The maximum absolute atomic E-state index is 10.1. The molecule has 0 aliphatic carbocycles. The Labute approximate surface area is 111 Å². The molecule has 0 amide bonds. The van der Waals surface area contributed by atoms with E-state index in [1.165, 1.54) is 5.56 Å². The highest BCUT2D eigenvalue weighted by Crippen LogP contribution is 2.26. The van der Waals surface area contributed by atoms with Crippen LogP contribution in [0.5, 0.6) is 5.75 Å². The molecule has 2 nitrogen and oxygen atoms in total. The molecule has 1 aromatic carbocycles. The van der Waals surface area contributed by atoms with E-state index in [0.717, 1.165) is 18.6 Å². The third kappa shape index (κ3) is 4.69. The highest BCUT2D eigenvalue weighted by molar-refractivity contribution is 5.33. The number of aliphatic hydroxyl groups is 1. The molecule has 1 rings (SSSR count). The number of aryl methyl sites for hydroxylation is 1. The molecule has 0 aliphatic rings. The molecule has 0 bridgehead atoms. The van der Waals surface area contributed by atoms with Gasteiger partial charge in [-0.05, 0) is 43.7 Å². The van der Waals surface area contributed by atoms with E-state index < -0.39 is 0 Å². The number of hydrogen-bond donors (Lipinski definition) is 1. The lowest BCUT2D eigenvalue weighted by atomic mass is 9.85. The zero-order chi connectivity index (χ0) is 13.8. The van der Waals surface area contributed by atoms with E-state index in [1.807, 2.05) is 32.0 Å². The summed E-state index contributed by atoms with van der Waals surface area (Å²) in [5, 5.41) is 10.1. The molecular weight excluding hydrogens is 224 g/mol. The van der Waals surface area contributed by atoms with Gasteiger partial charge in [-0.2, -0.15) is 0 Å². The first-order valence-corrected chi connectivity index (χ1v) is 6.73. The fraction of sp³-hybridized carbons (Fsp3) is 0.625. The van der Waals surface area contributed by atoms with E-state index in [4.69, 9.17) is 4.74 Å². The second-order valence-electron chi connectivity index (χ2n) is 6.19. The lowest BCUT2D eigenvalue weighted by molar-refractivity contribution is 0.0558. The van der Waals surface area contributed by atoms with E-state index in [0.29, 0.717) is 0 Å². The van der Waals surface area contributed by atoms with Gasteiger partial charge in [0.25, 0.3) is 0 Å². The Bertz CT molecular complexity index is 364. The van der Waals surface area contributed by atoms with Crippen molar-refractivity contribution in [3.63, 3.8) is 0 Å². The normalized spacial score (nSPS) is 13.7. The van der Waals surface area contributed by atoms with Crippen LogP contribution in [0.25, 0.3) is 0 Å². The van der Waals surface area contributed by atoms with Crippen LogP contribution in [0.2, 0.25) is 0 Å². The van der Waals surface area contributed by atoms with Crippen molar-refractivity contribution in [3.8, 4) is 5.75 Å². The van der Waals surface area contributed by atoms with Crippen molar-refractivity contribution < 1.29 is 9.84 Å². The summed E-state index contributed by atoms with van der Waals surface area (Å²) in [6.45, 7) is 10.2. The number of rotatable bonds is 5. The molecule has 0 fully saturated rings. The lowest BCUT2D eigenvalue weighted by Gasteiger charge is -2.26. The zero-order valence-electron chi connectivity index (χ0n) is 12.2. The monoisotopic (exact) mass is 250 g/mol. The number of para-hydroxylation sites is 1. The van der Waals surface area contributed by atoms with E-state index in [-0.39, 0.29) is 17.6 Å². The molecule has 0 saturated carbocycles. The van der Waals surface area contributed by atoms with Gasteiger partial charge in [-0.1, -0.05) is 39.0 Å². The van der Waals surface area contributed by atoms with Crippen LogP contribution in [0.3, 0.4) is 0 Å². The van der Waals surface area contributed by atoms with Crippen molar-refractivity contribution in [2.45, 2.75) is 59.7 Å². The first-order chi connectivity index (χ1) is 8.30. The van der Waals surface area contributed by atoms with Gasteiger partial charge in [0, 0.05) is 0 Å². The van der Waals surface area contributed by atoms with Crippen molar-refractivity contribution in [2.75, 3.05) is 0 Å². The number of ether oxygens (including phenoxy) is 1. The Balaban J connectivity index is 2.67. The minimum atomic E-state index is -0.287. The van der Waals surface area contributed by atoms with Crippen molar-refractivity contribution in [2.24, 2.45) is 5.41 Å². The molecule has 0 aromatic heterocycles. The quantitative estimate of drug-likeness (QED) is 0.861. The minimum Gasteiger partial charge on any atom is -0.491 e. The predicted octanol–water partition coefficient (Wildman–Crippen LogP) is 3.81. The largest absolute Gasteiger partial charge is 0.491 e. The average molecular weight is 250 g/mol. The van der Waals surface area contributed by atoms with E-state index in [2.05, 4.69) is 26.8 Å². The van der Waals surface area contributed by atoms with Crippen molar-refractivity contribution >= 4 is 0 Å². The summed E-state index contributed by atoms with van der Waals surface area (Å²) in [6.07, 6.45) is 1.51. The molecule has 0 aliphatic heterocycles. The molecule has 1 aromatic rings. The summed E-state index contributed by atoms with van der Waals surface area (Å²) < 4.78 is 5.78. The summed E-state index contributed by atoms with van der Waals surface area (Å²) in [5.41, 5.74) is 1.11. The Morgan fingerprint density at radius 2 is 1.78 bits per heavy atom. The van der Waals surface area contributed by atoms with E-state index in [1.54, 1.807) is 0 Å². The van der Waals surface area contributed by atoms with Crippen molar-refractivity contribution in [1.29, 1.82) is 0 Å². The molecule has 1 unspecified atom stereocenters. The van der Waals surface area contributed by atoms with Gasteiger partial charge in [0.05, 0.1) is 12.2 Å². The Hall–Kier alpha value is -1.02. The molecule has 0 radical (unpaired) electrons. The smallest absolute Gasteiger partial charge is 0.122 e. The first kappa shape index (κ1) is 15.0. The van der Waals surface area contributed by atoms with Gasteiger partial charge in [-0.3, -0.25) is 0 Å². The maximum Gasteiger partial charge on any atom is 0.122 e. The Morgan fingerprint density at radius 3 is 2.33 bits per heavy atom.